The summed E-state index contributed by atoms with van der Waals surface area (Å²) in [5.74, 6) is 0.642. The van der Waals surface area contributed by atoms with E-state index in [1.807, 2.05) is 42.5 Å². The molecule has 0 bridgehead atoms. The molecule has 2 amide bonds. The quantitative estimate of drug-likeness (QED) is 0.565. The molecule has 1 fully saturated rings. The van der Waals surface area contributed by atoms with Crippen molar-refractivity contribution in [1.82, 2.24) is 10.6 Å². The Morgan fingerprint density at radius 2 is 1.93 bits per heavy atom. The van der Waals surface area contributed by atoms with E-state index in [9.17, 15) is 9.90 Å². The lowest BCUT2D eigenvalue weighted by molar-refractivity contribution is 0.103. The molecule has 2 atom stereocenters. The van der Waals surface area contributed by atoms with Crippen molar-refractivity contribution in [2.45, 2.75) is 31.4 Å². The first-order valence-corrected chi connectivity index (χ1v) is 9.44. The molecule has 6 nitrogen and oxygen atoms in total. The van der Waals surface area contributed by atoms with Gasteiger partial charge in [0.05, 0.1) is 24.4 Å². The molecule has 1 saturated heterocycles. The van der Waals surface area contributed by atoms with Crippen LogP contribution in [0.4, 0.5) is 10.5 Å². The van der Waals surface area contributed by atoms with Crippen LogP contribution in [0.5, 0.6) is 5.75 Å². The lowest BCUT2D eigenvalue weighted by Crippen LogP contribution is -2.54. The van der Waals surface area contributed by atoms with Crippen molar-refractivity contribution in [2.75, 3.05) is 25.0 Å². The lowest BCUT2D eigenvalue weighted by atomic mass is 10.0. The second-order valence-corrected chi connectivity index (χ2v) is 6.70. The number of urea groups is 1. The third kappa shape index (κ3) is 5.98. The van der Waals surface area contributed by atoms with E-state index in [1.54, 1.807) is 0 Å². The Bertz CT molecular complexity index is 724. The van der Waals surface area contributed by atoms with Gasteiger partial charge in [0.25, 0.3) is 0 Å². The number of anilines is 1. The largest absolute Gasteiger partial charge is 0.491 e. The van der Waals surface area contributed by atoms with Crippen LogP contribution in [-0.2, 0) is 6.42 Å². The standard InChI is InChI=1S/C21H27N3O3/c25-19-12-13-22-15-18(19)24-21(26)23-17-10-4-5-11-20(17)27-14-6-9-16-7-2-1-3-8-16/h1-5,7-8,10-11,18-19,22,25H,6,9,12-15H2,(H2,23,24,26). The van der Waals surface area contributed by atoms with Gasteiger partial charge in [-0.1, -0.05) is 42.5 Å². The molecule has 1 heterocycles. The summed E-state index contributed by atoms with van der Waals surface area (Å²) in [6.45, 7) is 1.90. The summed E-state index contributed by atoms with van der Waals surface area (Å²) in [6, 6.07) is 17.0. The molecule has 4 N–H and O–H groups in total. The minimum atomic E-state index is -0.526. The number of hydrogen-bond acceptors (Lipinski definition) is 4. The van der Waals surface area contributed by atoms with Crippen LogP contribution in [0.3, 0.4) is 0 Å². The summed E-state index contributed by atoms with van der Waals surface area (Å²) >= 11 is 0. The zero-order valence-corrected chi connectivity index (χ0v) is 15.4. The molecule has 2 aromatic carbocycles. The molecule has 0 radical (unpaired) electrons. The predicted molar refractivity (Wildman–Crippen MR) is 106 cm³/mol. The van der Waals surface area contributed by atoms with E-state index in [0.29, 0.717) is 31.0 Å². The Balaban J connectivity index is 1.48. The summed E-state index contributed by atoms with van der Waals surface area (Å²) in [7, 11) is 0. The van der Waals surface area contributed by atoms with Gasteiger partial charge in [-0.25, -0.2) is 4.79 Å². The minimum Gasteiger partial charge on any atom is -0.491 e. The van der Waals surface area contributed by atoms with Crippen LogP contribution in [0.25, 0.3) is 0 Å². The second-order valence-electron chi connectivity index (χ2n) is 6.70. The van der Waals surface area contributed by atoms with Gasteiger partial charge >= 0.3 is 6.03 Å². The van der Waals surface area contributed by atoms with Gasteiger partial charge in [0.1, 0.15) is 5.75 Å². The summed E-state index contributed by atoms with van der Waals surface area (Å²) in [6.07, 6.45) is 1.95. The number of aliphatic hydroxyl groups excluding tert-OH is 1. The first-order valence-electron chi connectivity index (χ1n) is 9.44. The lowest BCUT2D eigenvalue weighted by Gasteiger charge is -2.29. The van der Waals surface area contributed by atoms with E-state index in [1.165, 1.54) is 5.56 Å². The number of rotatable bonds is 7. The topological polar surface area (TPSA) is 82.6 Å². The van der Waals surface area contributed by atoms with Crippen molar-refractivity contribution in [3.05, 3.63) is 60.2 Å². The molecule has 0 aliphatic carbocycles. The highest BCUT2D eigenvalue weighted by Crippen LogP contribution is 2.24. The number of amides is 2. The fraction of sp³-hybridized carbons (Fsp3) is 0.381. The fourth-order valence-electron chi connectivity index (χ4n) is 3.12. The Kier molecular flexibility index (Phi) is 7.07. The molecule has 1 aliphatic heterocycles. The number of aryl methyl sites for hydroxylation is 1. The van der Waals surface area contributed by atoms with Crippen LogP contribution < -0.4 is 20.7 Å². The van der Waals surface area contributed by atoms with Crippen molar-refractivity contribution < 1.29 is 14.6 Å². The van der Waals surface area contributed by atoms with Crippen LogP contribution in [0.1, 0.15) is 18.4 Å². The third-order valence-electron chi connectivity index (χ3n) is 4.61. The first-order chi connectivity index (χ1) is 13.2. The Hall–Kier alpha value is -2.57. The molecule has 2 aromatic rings. The van der Waals surface area contributed by atoms with Crippen LogP contribution in [-0.4, -0.2) is 43.0 Å². The van der Waals surface area contributed by atoms with Gasteiger partial charge in [-0.3, -0.25) is 0 Å². The summed E-state index contributed by atoms with van der Waals surface area (Å²) in [5, 5.41) is 18.8. The zero-order valence-electron chi connectivity index (χ0n) is 15.4. The number of aliphatic hydroxyl groups is 1. The van der Waals surface area contributed by atoms with E-state index < -0.39 is 6.10 Å². The Morgan fingerprint density at radius 3 is 2.74 bits per heavy atom. The molecule has 2 unspecified atom stereocenters. The van der Waals surface area contributed by atoms with Gasteiger partial charge in [-0.05, 0) is 43.5 Å². The Labute approximate surface area is 159 Å². The molecule has 6 heteroatoms. The summed E-state index contributed by atoms with van der Waals surface area (Å²) < 4.78 is 5.87. The summed E-state index contributed by atoms with van der Waals surface area (Å²) in [4.78, 5) is 12.3. The van der Waals surface area contributed by atoms with Gasteiger partial charge in [0.2, 0.25) is 0 Å². The fourth-order valence-corrected chi connectivity index (χ4v) is 3.12. The number of carbonyl (C=O) groups is 1. The van der Waals surface area contributed by atoms with Crippen molar-refractivity contribution in [3.8, 4) is 5.75 Å². The van der Waals surface area contributed by atoms with E-state index in [0.717, 1.165) is 19.4 Å². The molecule has 27 heavy (non-hydrogen) atoms. The molecular formula is C21H27N3O3. The van der Waals surface area contributed by atoms with Crippen LogP contribution in [0, 0.1) is 0 Å². The Morgan fingerprint density at radius 1 is 1.15 bits per heavy atom. The number of benzene rings is 2. The SMILES string of the molecule is O=C(Nc1ccccc1OCCCc1ccccc1)NC1CNCCC1O. The maximum atomic E-state index is 12.3. The van der Waals surface area contributed by atoms with Crippen molar-refractivity contribution in [3.63, 3.8) is 0 Å². The average molecular weight is 369 g/mol. The predicted octanol–water partition coefficient (Wildman–Crippen LogP) is 2.54. The molecule has 3 rings (SSSR count). The number of hydrogen-bond donors (Lipinski definition) is 4. The number of para-hydroxylation sites is 2. The maximum Gasteiger partial charge on any atom is 0.319 e. The maximum absolute atomic E-state index is 12.3. The van der Waals surface area contributed by atoms with Crippen LogP contribution >= 0.6 is 0 Å². The van der Waals surface area contributed by atoms with E-state index in [2.05, 4.69) is 28.1 Å². The number of nitrogens with one attached hydrogen (secondary N) is 3. The van der Waals surface area contributed by atoms with E-state index in [-0.39, 0.29) is 12.1 Å². The number of piperidine rings is 1. The number of ether oxygens (including phenoxy) is 1. The van der Waals surface area contributed by atoms with Gasteiger partial charge in [-0.2, -0.15) is 0 Å². The molecule has 0 aromatic heterocycles. The van der Waals surface area contributed by atoms with E-state index in [4.69, 9.17) is 4.74 Å². The summed E-state index contributed by atoms with van der Waals surface area (Å²) in [5.41, 5.74) is 1.90. The smallest absolute Gasteiger partial charge is 0.319 e. The monoisotopic (exact) mass is 369 g/mol. The van der Waals surface area contributed by atoms with Crippen molar-refractivity contribution in [1.29, 1.82) is 0 Å². The van der Waals surface area contributed by atoms with Crippen LogP contribution in [0.15, 0.2) is 54.6 Å². The van der Waals surface area contributed by atoms with Crippen molar-refractivity contribution in [2.24, 2.45) is 0 Å². The number of carbonyl (C=O) groups excluding carboxylic acids is 1. The molecule has 144 valence electrons. The first kappa shape index (κ1) is 19.2. The van der Waals surface area contributed by atoms with Gasteiger partial charge < -0.3 is 25.8 Å². The van der Waals surface area contributed by atoms with Crippen molar-refractivity contribution >= 4 is 11.7 Å². The molecule has 0 saturated carbocycles. The van der Waals surface area contributed by atoms with E-state index >= 15 is 0 Å². The average Bonchev–Trinajstić information content (AvgIpc) is 2.69. The highest BCUT2D eigenvalue weighted by atomic mass is 16.5. The second kappa shape index (κ2) is 9.94. The molecule has 1 aliphatic rings. The van der Waals surface area contributed by atoms with Crippen LogP contribution in [0.2, 0.25) is 0 Å². The minimum absolute atomic E-state index is 0.294. The van der Waals surface area contributed by atoms with Gasteiger partial charge in [-0.15, -0.1) is 0 Å². The third-order valence-corrected chi connectivity index (χ3v) is 4.61. The highest BCUT2D eigenvalue weighted by Gasteiger charge is 2.24. The zero-order chi connectivity index (χ0) is 18.9. The van der Waals surface area contributed by atoms with Gasteiger partial charge in [0.15, 0.2) is 0 Å². The van der Waals surface area contributed by atoms with Gasteiger partial charge in [0, 0.05) is 6.54 Å². The normalized spacial score (nSPS) is 19.3. The molecule has 0 spiro atoms. The molecular weight excluding hydrogens is 342 g/mol. The highest BCUT2D eigenvalue weighted by molar-refractivity contribution is 5.91.